The van der Waals surface area contributed by atoms with Crippen LogP contribution in [0.4, 0.5) is 0 Å². The van der Waals surface area contributed by atoms with Gasteiger partial charge in [-0.1, -0.05) is 53.5 Å². The average Bonchev–Trinajstić information content (AvgIpc) is 3.27. The molecule has 33 heavy (non-hydrogen) atoms. The van der Waals surface area contributed by atoms with Crippen LogP contribution in [0.3, 0.4) is 0 Å². The first kappa shape index (κ1) is 22.6. The van der Waals surface area contributed by atoms with E-state index in [0.717, 1.165) is 16.8 Å². The number of hydrogen-bond donors (Lipinski definition) is 0. The van der Waals surface area contributed by atoms with Crippen LogP contribution in [0.5, 0.6) is 0 Å². The van der Waals surface area contributed by atoms with Crippen molar-refractivity contribution in [2.75, 3.05) is 0 Å². The lowest BCUT2D eigenvalue weighted by atomic mass is 9.95. The summed E-state index contributed by atoms with van der Waals surface area (Å²) >= 11 is 12.7. The second-order valence-electron chi connectivity index (χ2n) is 7.45. The van der Waals surface area contributed by atoms with Crippen molar-refractivity contribution in [3.05, 3.63) is 111 Å². The molecule has 0 fully saturated rings. The maximum atomic E-state index is 9.70. The Kier molecular flexibility index (Phi) is 6.77. The number of aromatic nitrogens is 2. The summed E-state index contributed by atoms with van der Waals surface area (Å²) in [7, 11) is 1.90. The Labute approximate surface area is 202 Å². The number of imidazole rings is 1. The van der Waals surface area contributed by atoms with E-state index in [1.54, 1.807) is 42.9 Å². The van der Waals surface area contributed by atoms with Gasteiger partial charge in [-0.25, -0.2) is 4.98 Å². The van der Waals surface area contributed by atoms with Gasteiger partial charge in [0, 0.05) is 18.2 Å². The minimum absolute atomic E-state index is 0.328. The standard InChI is InChI=1S/C26H18Cl2N4O/c1-32-16-31-14-24(32)26(33-15-18-7-5-17(12-29)6-8-18)19-9-10-20(13-30)22(11-19)21-3-2-4-23(27)25(21)28/h2-11,14,16,26H,15H2,1H3. The summed E-state index contributed by atoms with van der Waals surface area (Å²) in [6.07, 6.45) is 3.03. The fraction of sp³-hybridized carbons (Fsp3) is 0.115. The third kappa shape index (κ3) is 4.77. The van der Waals surface area contributed by atoms with Crippen molar-refractivity contribution in [2.24, 2.45) is 7.05 Å². The second kappa shape index (κ2) is 9.90. The van der Waals surface area contributed by atoms with E-state index in [1.165, 1.54) is 0 Å². The summed E-state index contributed by atoms with van der Waals surface area (Å²) in [5, 5.41) is 19.5. The zero-order valence-electron chi connectivity index (χ0n) is 17.7. The van der Waals surface area contributed by atoms with Gasteiger partial charge in [0.15, 0.2) is 0 Å². The Bertz CT molecular complexity index is 1380. The van der Waals surface area contributed by atoms with Crippen LogP contribution in [0.15, 0.2) is 73.2 Å². The Hall–Kier alpha value is -3.61. The molecule has 0 saturated heterocycles. The molecule has 0 N–H and O–H groups in total. The summed E-state index contributed by atoms with van der Waals surface area (Å²) in [4.78, 5) is 4.24. The minimum Gasteiger partial charge on any atom is -0.363 e. The van der Waals surface area contributed by atoms with Gasteiger partial charge in [0.05, 0.1) is 58.1 Å². The van der Waals surface area contributed by atoms with E-state index in [0.29, 0.717) is 38.9 Å². The molecule has 162 valence electrons. The monoisotopic (exact) mass is 472 g/mol. The summed E-state index contributed by atoms with van der Waals surface area (Å²) in [6.45, 7) is 0.328. The van der Waals surface area contributed by atoms with Crippen molar-refractivity contribution in [2.45, 2.75) is 12.7 Å². The molecule has 1 unspecified atom stereocenters. The number of nitrogens with zero attached hydrogens (tertiary/aromatic N) is 4. The van der Waals surface area contributed by atoms with Gasteiger partial charge in [-0.05, 0) is 41.5 Å². The van der Waals surface area contributed by atoms with Crippen LogP contribution in [-0.4, -0.2) is 9.55 Å². The predicted molar refractivity (Wildman–Crippen MR) is 128 cm³/mol. The fourth-order valence-corrected chi connectivity index (χ4v) is 3.99. The van der Waals surface area contributed by atoms with Crippen molar-refractivity contribution in [3.8, 4) is 23.3 Å². The third-order valence-electron chi connectivity index (χ3n) is 5.33. The van der Waals surface area contributed by atoms with Crippen molar-refractivity contribution in [1.82, 2.24) is 9.55 Å². The van der Waals surface area contributed by atoms with Gasteiger partial charge in [-0.15, -0.1) is 0 Å². The molecule has 3 aromatic carbocycles. The van der Waals surface area contributed by atoms with Gasteiger partial charge in [0.2, 0.25) is 0 Å². The fourth-order valence-electron chi connectivity index (χ4n) is 3.58. The molecule has 0 radical (unpaired) electrons. The van der Waals surface area contributed by atoms with Crippen LogP contribution in [-0.2, 0) is 18.4 Å². The zero-order valence-corrected chi connectivity index (χ0v) is 19.2. The molecule has 0 spiro atoms. The average molecular weight is 473 g/mol. The van der Waals surface area contributed by atoms with Crippen molar-refractivity contribution in [1.29, 1.82) is 10.5 Å². The molecule has 0 aliphatic carbocycles. The number of ether oxygens (including phenoxy) is 1. The summed E-state index contributed by atoms with van der Waals surface area (Å²) in [6, 6.07) is 22.5. The SMILES string of the molecule is Cn1cncc1C(OCc1ccc(C#N)cc1)c1ccc(C#N)c(-c2cccc(Cl)c2Cl)c1. The second-order valence-corrected chi connectivity index (χ2v) is 8.23. The maximum absolute atomic E-state index is 9.70. The van der Waals surface area contributed by atoms with Gasteiger partial charge in [-0.3, -0.25) is 0 Å². The normalized spacial score (nSPS) is 11.5. The Morgan fingerprint density at radius 3 is 2.45 bits per heavy atom. The summed E-state index contributed by atoms with van der Waals surface area (Å²) in [5.74, 6) is 0. The molecule has 0 bridgehead atoms. The Balaban J connectivity index is 1.75. The molecule has 0 aliphatic heterocycles. The molecule has 5 nitrogen and oxygen atoms in total. The molecule has 0 aliphatic rings. The first-order valence-electron chi connectivity index (χ1n) is 10.1. The number of hydrogen-bond acceptors (Lipinski definition) is 4. The largest absolute Gasteiger partial charge is 0.363 e. The lowest BCUT2D eigenvalue weighted by molar-refractivity contribution is 0.0622. The van der Waals surface area contributed by atoms with Gasteiger partial charge in [0.25, 0.3) is 0 Å². The van der Waals surface area contributed by atoms with E-state index >= 15 is 0 Å². The molecule has 7 heteroatoms. The molecule has 4 aromatic rings. The van der Waals surface area contributed by atoms with Crippen LogP contribution in [0.2, 0.25) is 10.0 Å². The van der Waals surface area contributed by atoms with Crippen LogP contribution in [0.25, 0.3) is 11.1 Å². The number of aryl methyl sites for hydroxylation is 1. The highest BCUT2D eigenvalue weighted by Crippen LogP contribution is 2.37. The van der Waals surface area contributed by atoms with E-state index in [4.69, 9.17) is 33.2 Å². The van der Waals surface area contributed by atoms with Crippen molar-refractivity contribution in [3.63, 3.8) is 0 Å². The minimum atomic E-state index is -0.447. The van der Waals surface area contributed by atoms with E-state index in [2.05, 4.69) is 17.1 Å². The van der Waals surface area contributed by atoms with Crippen molar-refractivity contribution >= 4 is 23.2 Å². The predicted octanol–water partition coefficient (Wildman–Crippen LogP) is 6.44. The lowest BCUT2D eigenvalue weighted by Crippen LogP contribution is -2.11. The highest BCUT2D eigenvalue weighted by atomic mass is 35.5. The topological polar surface area (TPSA) is 74.6 Å². The quantitative estimate of drug-likeness (QED) is 0.323. The van der Waals surface area contributed by atoms with Crippen molar-refractivity contribution < 1.29 is 4.74 Å². The van der Waals surface area contributed by atoms with Gasteiger partial charge in [0.1, 0.15) is 6.10 Å². The Morgan fingerprint density at radius 1 is 1.00 bits per heavy atom. The van der Waals surface area contributed by atoms with Gasteiger partial charge in [-0.2, -0.15) is 10.5 Å². The molecule has 0 amide bonds. The number of rotatable bonds is 6. The van der Waals surface area contributed by atoms with Gasteiger partial charge < -0.3 is 9.30 Å². The highest BCUT2D eigenvalue weighted by Gasteiger charge is 2.21. The lowest BCUT2D eigenvalue weighted by Gasteiger charge is -2.20. The molecule has 4 rings (SSSR count). The van der Waals surface area contributed by atoms with Crippen LogP contribution in [0, 0.1) is 22.7 Å². The molecular weight excluding hydrogens is 455 g/mol. The summed E-state index contributed by atoms with van der Waals surface area (Å²) < 4.78 is 8.24. The summed E-state index contributed by atoms with van der Waals surface area (Å²) in [5.41, 5.74) is 5.08. The molecule has 0 saturated carbocycles. The Morgan fingerprint density at radius 2 is 1.79 bits per heavy atom. The number of benzene rings is 3. The molecule has 1 aromatic heterocycles. The number of nitriles is 2. The maximum Gasteiger partial charge on any atom is 0.124 e. The van der Waals surface area contributed by atoms with Crippen LogP contribution in [0.1, 0.15) is 34.1 Å². The first-order valence-corrected chi connectivity index (χ1v) is 10.8. The van der Waals surface area contributed by atoms with E-state index < -0.39 is 6.10 Å². The smallest absolute Gasteiger partial charge is 0.124 e. The third-order valence-corrected chi connectivity index (χ3v) is 6.15. The van der Waals surface area contributed by atoms with E-state index in [1.807, 2.05) is 41.9 Å². The number of halogens is 2. The van der Waals surface area contributed by atoms with E-state index in [-0.39, 0.29) is 0 Å². The van der Waals surface area contributed by atoms with Crippen LogP contribution >= 0.6 is 23.2 Å². The molecule has 1 heterocycles. The first-order chi connectivity index (χ1) is 16.0. The highest BCUT2D eigenvalue weighted by molar-refractivity contribution is 6.43. The molecule has 1 atom stereocenters. The van der Waals surface area contributed by atoms with Gasteiger partial charge >= 0.3 is 0 Å². The zero-order chi connectivity index (χ0) is 23.4. The van der Waals surface area contributed by atoms with E-state index in [9.17, 15) is 5.26 Å². The van der Waals surface area contributed by atoms with Crippen LogP contribution < -0.4 is 0 Å². The molecular formula is C26H18Cl2N4O.